The Bertz CT molecular complexity index is 610. The molecule has 0 aliphatic rings. The highest BCUT2D eigenvalue weighted by molar-refractivity contribution is 5.71. The maximum atomic E-state index is 13.7. The van der Waals surface area contributed by atoms with Crippen molar-refractivity contribution in [2.75, 3.05) is 13.7 Å². The molecule has 0 fully saturated rings. The number of hydrogen-bond donors (Lipinski definition) is 1. The van der Waals surface area contributed by atoms with Crippen LogP contribution in [0.5, 0.6) is 5.75 Å². The standard InChI is InChI=1S/C18H22FNO/c1-4-9-20-12-14-5-6-15(19)11-18(14)17-8-7-16(21-3)10-13(17)2/h5-8,10-11,20H,4,9,12H2,1-3H3. The van der Waals surface area contributed by atoms with Crippen LogP contribution in [0.4, 0.5) is 4.39 Å². The average molecular weight is 287 g/mol. The predicted octanol–water partition coefficient (Wildman–Crippen LogP) is 4.31. The summed E-state index contributed by atoms with van der Waals surface area (Å²) in [6.45, 7) is 5.85. The van der Waals surface area contributed by atoms with E-state index in [1.54, 1.807) is 13.2 Å². The molecule has 0 aliphatic heterocycles. The number of hydrogen-bond acceptors (Lipinski definition) is 2. The number of ether oxygens (including phenoxy) is 1. The molecule has 0 amide bonds. The topological polar surface area (TPSA) is 21.3 Å². The average Bonchev–Trinajstić information content (AvgIpc) is 2.49. The van der Waals surface area contributed by atoms with Gasteiger partial charge in [-0.2, -0.15) is 0 Å². The minimum atomic E-state index is -0.209. The molecule has 0 heterocycles. The summed E-state index contributed by atoms with van der Waals surface area (Å²) in [5, 5.41) is 3.38. The number of methoxy groups -OCH3 is 1. The molecule has 0 saturated carbocycles. The summed E-state index contributed by atoms with van der Waals surface area (Å²) in [5.41, 5.74) is 4.18. The fourth-order valence-electron chi connectivity index (χ4n) is 2.42. The normalized spacial score (nSPS) is 10.7. The van der Waals surface area contributed by atoms with Crippen molar-refractivity contribution in [2.24, 2.45) is 0 Å². The zero-order valence-corrected chi connectivity index (χ0v) is 12.9. The number of halogens is 1. The SMILES string of the molecule is CCCNCc1ccc(F)cc1-c1ccc(OC)cc1C. The minimum absolute atomic E-state index is 0.209. The number of rotatable bonds is 6. The van der Waals surface area contributed by atoms with Crippen LogP contribution in [0.15, 0.2) is 36.4 Å². The molecule has 0 aliphatic carbocycles. The Morgan fingerprint density at radius 1 is 1.10 bits per heavy atom. The Morgan fingerprint density at radius 2 is 1.90 bits per heavy atom. The molecule has 2 nitrogen and oxygen atoms in total. The highest BCUT2D eigenvalue weighted by atomic mass is 19.1. The van der Waals surface area contributed by atoms with Crippen molar-refractivity contribution in [3.05, 3.63) is 53.3 Å². The van der Waals surface area contributed by atoms with E-state index in [0.29, 0.717) is 0 Å². The van der Waals surface area contributed by atoms with Gasteiger partial charge < -0.3 is 10.1 Å². The van der Waals surface area contributed by atoms with Crippen LogP contribution in [0.1, 0.15) is 24.5 Å². The molecule has 3 heteroatoms. The number of aryl methyl sites for hydroxylation is 1. The summed E-state index contributed by atoms with van der Waals surface area (Å²) in [4.78, 5) is 0. The van der Waals surface area contributed by atoms with Crippen LogP contribution in [-0.4, -0.2) is 13.7 Å². The third kappa shape index (κ3) is 3.82. The molecular formula is C18H22FNO. The monoisotopic (exact) mass is 287 g/mol. The molecule has 0 unspecified atom stereocenters. The maximum Gasteiger partial charge on any atom is 0.123 e. The van der Waals surface area contributed by atoms with Gasteiger partial charge in [0.05, 0.1) is 7.11 Å². The van der Waals surface area contributed by atoms with Crippen LogP contribution in [0.3, 0.4) is 0 Å². The lowest BCUT2D eigenvalue weighted by molar-refractivity contribution is 0.414. The molecule has 0 atom stereocenters. The Hall–Kier alpha value is -1.87. The smallest absolute Gasteiger partial charge is 0.123 e. The van der Waals surface area contributed by atoms with Crippen molar-refractivity contribution >= 4 is 0 Å². The van der Waals surface area contributed by atoms with Crippen molar-refractivity contribution < 1.29 is 9.13 Å². The fourth-order valence-corrected chi connectivity index (χ4v) is 2.42. The van der Waals surface area contributed by atoms with Crippen LogP contribution in [0, 0.1) is 12.7 Å². The van der Waals surface area contributed by atoms with Gasteiger partial charge in [-0.15, -0.1) is 0 Å². The van der Waals surface area contributed by atoms with E-state index in [9.17, 15) is 4.39 Å². The Balaban J connectivity index is 2.39. The van der Waals surface area contributed by atoms with E-state index in [1.165, 1.54) is 6.07 Å². The van der Waals surface area contributed by atoms with E-state index >= 15 is 0 Å². The molecule has 2 aromatic rings. The zero-order valence-electron chi connectivity index (χ0n) is 12.9. The van der Waals surface area contributed by atoms with Gasteiger partial charge in [0, 0.05) is 6.54 Å². The van der Waals surface area contributed by atoms with Crippen molar-refractivity contribution in [3.63, 3.8) is 0 Å². The largest absolute Gasteiger partial charge is 0.497 e. The summed E-state index contributed by atoms with van der Waals surface area (Å²) < 4.78 is 18.9. The van der Waals surface area contributed by atoms with Gasteiger partial charge in [-0.3, -0.25) is 0 Å². The Labute approximate surface area is 126 Å². The second kappa shape index (κ2) is 7.23. The third-order valence-corrected chi connectivity index (χ3v) is 3.54. The molecule has 0 aromatic heterocycles. The highest BCUT2D eigenvalue weighted by Crippen LogP contribution is 2.30. The van der Waals surface area contributed by atoms with E-state index in [-0.39, 0.29) is 5.82 Å². The summed E-state index contributed by atoms with van der Waals surface area (Å²) in [6, 6.07) is 10.9. The molecule has 1 N–H and O–H groups in total. The van der Waals surface area contributed by atoms with Crippen molar-refractivity contribution in [2.45, 2.75) is 26.8 Å². The first-order valence-corrected chi connectivity index (χ1v) is 7.30. The quantitative estimate of drug-likeness (QED) is 0.799. The van der Waals surface area contributed by atoms with Crippen LogP contribution in [-0.2, 0) is 6.54 Å². The van der Waals surface area contributed by atoms with Gasteiger partial charge in [0.1, 0.15) is 11.6 Å². The second-order valence-corrected chi connectivity index (χ2v) is 5.16. The molecule has 2 aromatic carbocycles. The van der Waals surface area contributed by atoms with E-state index in [2.05, 4.69) is 12.2 Å². The molecule has 21 heavy (non-hydrogen) atoms. The van der Waals surface area contributed by atoms with Crippen LogP contribution in [0.2, 0.25) is 0 Å². The number of nitrogens with one attached hydrogen (secondary N) is 1. The minimum Gasteiger partial charge on any atom is -0.497 e. The lowest BCUT2D eigenvalue weighted by Crippen LogP contribution is -2.14. The summed E-state index contributed by atoms with van der Waals surface area (Å²) >= 11 is 0. The van der Waals surface area contributed by atoms with Crippen LogP contribution in [0.25, 0.3) is 11.1 Å². The van der Waals surface area contributed by atoms with Gasteiger partial charge in [0.25, 0.3) is 0 Å². The van der Waals surface area contributed by atoms with Crippen LogP contribution < -0.4 is 10.1 Å². The van der Waals surface area contributed by atoms with Crippen molar-refractivity contribution in [3.8, 4) is 16.9 Å². The molecule has 0 spiro atoms. The zero-order chi connectivity index (χ0) is 15.2. The molecule has 0 radical (unpaired) electrons. The van der Waals surface area contributed by atoms with E-state index in [0.717, 1.165) is 47.5 Å². The summed E-state index contributed by atoms with van der Waals surface area (Å²) in [5.74, 6) is 0.609. The maximum absolute atomic E-state index is 13.7. The van der Waals surface area contributed by atoms with Crippen molar-refractivity contribution in [1.82, 2.24) is 5.32 Å². The molecular weight excluding hydrogens is 265 g/mol. The predicted molar refractivity (Wildman–Crippen MR) is 85.1 cm³/mol. The lowest BCUT2D eigenvalue weighted by Gasteiger charge is -2.14. The second-order valence-electron chi connectivity index (χ2n) is 5.16. The molecule has 0 bridgehead atoms. The molecule has 112 valence electrons. The highest BCUT2D eigenvalue weighted by Gasteiger charge is 2.10. The van der Waals surface area contributed by atoms with E-state index in [4.69, 9.17) is 4.74 Å². The molecule has 0 saturated heterocycles. The Kier molecular flexibility index (Phi) is 5.34. The van der Waals surface area contributed by atoms with Gasteiger partial charge in [-0.1, -0.05) is 19.1 Å². The Morgan fingerprint density at radius 3 is 2.57 bits per heavy atom. The van der Waals surface area contributed by atoms with Gasteiger partial charge in [-0.05, 0) is 66.4 Å². The van der Waals surface area contributed by atoms with Gasteiger partial charge >= 0.3 is 0 Å². The first kappa shape index (κ1) is 15.5. The van der Waals surface area contributed by atoms with Crippen LogP contribution >= 0.6 is 0 Å². The van der Waals surface area contributed by atoms with E-state index in [1.807, 2.05) is 31.2 Å². The van der Waals surface area contributed by atoms with Crippen molar-refractivity contribution in [1.29, 1.82) is 0 Å². The lowest BCUT2D eigenvalue weighted by atomic mass is 9.95. The third-order valence-electron chi connectivity index (χ3n) is 3.54. The first-order chi connectivity index (χ1) is 10.2. The number of benzene rings is 2. The molecule has 2 rings (SSSR count). The van der Waals surface area contributed by atoms with E-state index < -0.39 is 0 Å². The summed E-state index contributed by atoms with van der Waals surface area (Å²) in [6.07, 6.45) is 1.08. The van der Waals surface area contributed by atoms with Gasteiger partial charge in [0.15, 0.2) is 0 Å². The first-order valence-electron chi connectivity index (χ1n) is 7.30. The fraction of sp³-hybridized carbons (Fsp3) is 0.333. The van der Waals surface area contributed by atoms with Gasteiger partial charge in [-0.25, -0.2) is 4.39 Å². The van der Waals surface area contributed by atoms with Gasteiger partial charge in [0.2, 0.25) is 0 Å². The summed E-state index contributed by atoms with van der Waals surface area (Å²) in [7, 11) is 1.65.